The second-order valence-electron chi connectivity index (χ2n) is 10.9. The van der Waals surface area contributed by atoms with E-state index < -0.39 is 0 Å². The molecule has 3 aliphatic rings. The number of rotatable bonds is 4. The molecular weight excluding hydrogens is 448 g/mol. The molecular formula is C30H35N4O2+. The van der Waals surface area contributed by atoms with Crippen LogP contribution < -0.4 is 16.4 Å². The summed E-state index contributed by atoms with van der Waals surface area (Å²) in [5.74, 6) is -0.0956. The van der Waals surface area contributed by atoms with Crippen LogP contribution in [0.15, 0.2) is 71.2 Å². The Morgan fingerprint density at radius 1 is 0.944 bits per heavy atom. The molecule has 0 amide bonds. The van der Waals surface area contributed by atoms with Crippen LogP contribution in [0.4, 0.5) is 22.7 Å². The number of carbonyl (C=O) groups is 1. The van der Waals surface area contributed by atoms with Crippen LogP contribution in [0.25, 0.3) is 0 Å². The summed E-state index contributed by atoms with van der Waals surface area (Å²) in [6, 6.07) is 11.9. The van der Waals surface area contributed by atoms with Gasteiger partial charge in [-0.05, 0) is 69.7 Å². The molecule has 0 aromatic heterocycles. The lowest BCUT2D eigenvalue weighted by molar-refractivity contribution is -0.433. The normalized spacial score (nSPS) is 21.9. The van der Waals surface area contributed by atoms with Crippen molar-refractivity contribution in [3.05, 3.63) is 82.3 Å². The van der Waals surface area contributed by atoms with Gasteiger partial charge in [-0.2, -0.15) is 4.58 Å². The number of nitrogens with two attached hydrogens (primary N) is 2. The van der Waals surface area contributed by atoms with Crippen LogP contribution in [0, 0.1) is 0 Å². The van der Waals surface area contributed by atoms with Crippen molar-refractivity contribution in [1.82, 2.24) is 0 Å². The van der Waals surface area contributed by atoms with E-state index in [4.69, 9.17) is 11.5 Å². The molecule has 2 aromatic rings. The molecule has 2 heterocycles. The smallest absolute Gasteiger partial charge is 0.209 e. The van der Waals surface area contributed by atoms with Crippen molar-refractivity contribution in [2.24, 2.45) is 0 Å². The highest BCUT2D eigenvalue weighted by molar-refractivity contribution is 6.24. The molecule has 5 rings (SSSR count). The lowest BCUT2D eigenvalue weighted by Crippen LogP contribution is -2.32. The summed E-state index contributed by atoms with van der Waals surface area (Å²) < 4.78 is 2.19. The van der Waals surface area contributed by atoms with E-state index in [2.05, 4.69) is 51.0 Å². The quantitative estimate of drug-likeness (QED) is 0.313. The number of ketones is 1. The summed E-state index contributed by atoms with van der Waals surface area (Å²) in [5.41, 5.74) is 20.0. The first-order chi connectivity index (χ1) is 16.9. The molecule has 6 nitrogen and oxygen atoms in total. The zero-order chi connectivity index (χ0) is 26.2. The topological polar surface area (TPSA) is 95.6 Å². The van der Waals surface area contributed by atoms with Gasteiger partial charge in [-0.25, -0.2) is 0 Å². The Kier molecular flexibility index (Phi) is 5.22. The fourth-order valence-electron chi connectivity index (χ4n) is 5.97. The molecule has 2 aliphatic heterocycles. The van der Waals surface area contributed by atoms with Crippen molar-refractivity contribution in [3.63, 3.8) is 0 Å². The predicted molar refractivity (Wildman–Crippen MR) is 147 cm³/mol. The van der Waals surface area contributed by atoms with E-state index >= 15 is 0 Å². The molecule has 0 atom stereocenters. The van der Waals surface area contributed by atoms with Crippen LogP contribution in [0.3, 0.4) is 0 Å². The minimum absolute atomic E-state index is 0.0460. The molecule has 0 fully saturated rings. The number of Topliss-reactive ketones (excluding diaryl/α,β-unsaturated/α-hetero) is 1. The van der Waals surface area contributed by atoms with E-state index in [0.717, 1.165) is 47.0 Å². The van der Waals surface area contributed by atoms with Gasteiger partial charge >= 0.3 is 0 Å². The van der Waals surface area contributed by atoms with Gasteiger partial charge in [0.1, 0.15) is 12.3 Å². The van der Waals surface area contributed by atoms with Crippen molar-refractivity contribution in [2.45, 2.75) is 52.4 Å². The molecule has 36 heavy (non-hydrogen) atoms. The van der Waals surface area contributed by atoms with Crippen molar-refractivity contribution < 1.29 is 14.5 Å². The molecule has 0 bridgehead atoms. The number of anilines is 3. The molecule has 5 N–H and O–H groups in total. The third-order valence-corrected chi connectivity index (χ3v) is 8.03. The third kappa shape index (κ3) is 3.16. The molecule has 0 unspecified atom stereocenters. The average Bonchev–Trinajstić information content (AvgIpc) is 3.18. The monoisotopic (exact) mass is 483 g/mol. The molecule has 1 aliphatic carbocycles. The van der Waals surface area contributed by atoms with Gasteiger partial charge in [0.2, 0.25) is 11.5 Å². The predicted octanol–water partition coefficient (Wildman–Crippen LogP) is 5.27. The number of aliphatic hydroxyl groups excluding tert-OH is 1. The number of benzene rings is 2. The first-order valence-corrected chi connectivity index (χ1v) is 12.6. The molecule has 0 saturated heterocycles. The number of nitrogen functional groups attached to an aromatic ring is 2. The van der Waals surface area contributed by atoms with Crippen LogP contribution in [0.1, 0.15) is 52.7 Å². The van der Waals surface area contributed by atoms with Crippen molar-refractivity contribution in [2.75, 3.05) is 29.5 Å². The van der Waals surface area contributed by atoms with Gasteiger partial charge in [0, 0.05) is 52.4 Å². The number of nitrogens with zero attached hydrogens (tertiary/aromatic N) is 2. The van der Waals surface area contributed by atoms with Crippen LogP contribution in [0.5, 0.6) is 0 Å². The Hall–Kier alpha value is -3.80. The van der Waals surface area contributed by atoms with E-state index in [1.165, 1.54) is 0 Å². The van der Waals surface area contributed by atoms with Gasteiger partial charge in [-0.3, -0.25) is 4.79 Å². The molecule has 186 valence electrons. The van der Waals surface area contributed by atoms with Crippen molar-refractivity contribution in [1.29, 1.82) is 0 Å². The second kappa shape index (κ2) is 7.85. The number of fused-ring (bicyclic) bond motifs is 2. The van der Waals surface area contributed by atoms with Crippen LogP contribution in [-0.2, 0) is 15.6 Å². The highest BCUT2D eigenvalue weighted by Gasteiger charge is 2.47. The number of allylic oxidation sites excluding steroid dienone is 5. The molecule has 0 radical (unpaired) electrons. The Bertz CT molecular complexity index is 1450. The van der Waals surface area contributed by atoms with E-state index in [1.807, 2.05) is 48.6 Å². The zero-order valence-electron chi connectivity index (χ0n) is 21.9. The summed E-state index contributed by atoms with van der Waals surface area (Å²) in [6.07, 6.45) is 3.71. The fourth-order valence-corrected chi connectivity index (χ4v) is 5.97. The third-order valence-electron chi connectivity index (χ3n) is 8.03. The number of aliphatic hydroxyl groups is 1. The molecule has 6 heteroatoms. The van der Waals surface area contributed by atoms with Crippen LogP contribution in [0.2, 0.25) is 0 Å². The highest BCUT2D eigenvalue weighted by Crippen LogP contribution is 2.49. The zero-order valence-corrected chi connectivity index (χ0v) is 21.9. The number of hydrogen-bond acceptors (Lipinski definition) is 5. The molecule has 0 spiro atoms. The summed E-state index contributed by atoms with van der Waals surface area (Å²) in [7, 11) is 0. The maximum absolute atomic E-state index is 13.4. The lowest BCUT2D eigenvalue weighted by atomic mass is 9.77. The summed E-state index contributed by atoms with van der Waals surface area (Å²) >= 11 is 0. The largest absolute Gasteiger partial charge is 0.506 e. The van der Waals surface area contributed by atoms with Gasteiger partial charge in [-0.1, -0.05) is 13.8 Å². The highest BCUT2D eigenvalue weighted by atomic mass is 16.3. The second-order valence-corrected chi connectivity index (χ2v) is 10.9. The van der Waals surface area contributed by atoms with Gasteiger partial charge < -0.3 is 21.5 Å². The van der Waals surface area contributed by atoms with Crippen molar-refractivity contribution in [3.8, 4) is 0 Å². The van der Waals surface area contributed by atoms with Crippen molar-refractivity contribution >= 4 is 34.2 Å². The number of likely N-dealkylation sites (N-methyl/N-ethyl adjacent to an activating group) is 1. The maximum atomic E-state index is 13.4. The van der Waals surface area contributed by atoms with Gasteiger partial charge in [0.25, 0.3) is 0 Å². The Labute approximate surface area is 212 Å². The Morgan fingerprint density at radius 3 is 2.19 bits per heavy atom. The van der Waals surface area contributed by atoms with E-state index in [9.17, 15) is 9.90 Å². The standard InChI is InChI=1S/C30H34N4O2/c1-7-33-23-11-9-17(31)13-21(23)29(3,4)25(33)15-19-27(35)20(28(19)36)16-26-30(5,6)22-14-18(32)10-12-24(22)34(26)8-2/h9-16H,7-8H2,1-6H3,(H4-,31,32,35,36)/p+1. The SMILES string of the molecule is CCN1/C(=C/C2=C(O)C(=C\C3=[N+](CC)c4ccc(N)cc4C3(C)C)/C2=O)C(C)(C)c2cc(N)ccc21. The minimum atomic E-state index is -0.351. The average molecular weight is 484 g/mol. The van der Waals surface area contributed by atoms with Crippen LogP contribution in [-0.4, -0.2) is 34.3 Å². The van der Waals surface area contributed by atoms with E-state index in [0.29, 0.717) is 22.5 Å². The van der Waals surface area contributed by atoms with E-state index in [1.54, 1.807) is 0 Å². The first kappa shape index (κ1) is 23.9. The number of hydrogen-bond donors (Lipinski definition) is 3. The van der Waals surface area contributed by atoms with E-state index in [-0.39, 0.29) is 22.4 Å². The number of carbonyl (C=O) groups excluding carboxylic acids is 1. The summed E-state index contributed by atoms with van der Waals surface area (Å²) in [5, 5.41) is 11.1. The lowest BCUT2D eigenvalue weighted by Gasteiger charge is -2.28. The summed E-state index contributed by atoms with van der Waals surface area (Å²) in [4.78, 5) is 15.6. The first-order valence-electron chi connectivity index (χ1n) is 12.6. The minimum Gasteiger partial charge on any atom is -0.506 e. The Morgan fingerprint density at radius 2 is 1.58 bits per heavy atom. The Balaban J connectivity index is 1.58. The summed E-state index contributed by atoms with van der Waals surface area (Å²) in [6.45, 7) is 14.2. The van der Waals surface area contributed by atoms with Gasteiger partial charge in [0.15, 0.2) is 5.71 Å². The maximum Gasteiger partial charge on any atom is 0.209 e. The fraction of sp³-hybridized carbons (Fsp3) is 0.333. The molecule has 0 saturated carbocycles. The van der Waals surface area contributed by atoms with Gasteiger partial charge in [0.05, 0.1) is 16.6 Å². The van der Waals surface area contributed by atoms with Crippen LogP contribution >= 0.6 is 0 Å². The molecule has 2 aromatic carbocycles. The van der Waals surface area contributed by atoms with Gasteiger partial charge in [-0.15, -0.1) is 0 Å².